The van der Waals surface area contributed by atoms with E-state index in [0.29, 0.717) is 18.4 Å². The standard InChI is InChI=1S/C33H48N6O7/c1-6-21(7-2)30(42)38-29-22-14-15-24(39(22)37-19-36-29)33(18-34)28(41)26(45-31(43)27(35)32(3,4)5)23(46-33)17-44-25(40)16-20-12-10-8-9-11-13-20/h14-15,19-21,23,26-28,41H,6-13,16-17,35H2,1-5H3,(H,36,37,38,42)/t23-,26-,27+,28-,33+/m1/s1. The lowest BCUT2D eigenvalue weighted by atomic mass is 9.87. The van der Waals surface area contributed by atoms with Crippen molar-refractivity contribution in [2.45, 2.75) is 122 Å². The molecule has 13 nitrogen and oxygen atoms in total. The minimum atomic E-state index is -2.09. The molecule has 0 radical (unpaired) electrons. The Morgan fingerprint density at radius 3 is 2.48 bits per heavy atom. The van der Waals surface area contributed by atoms with Gasteiger partial charge in [-0.05, 0) is 49.1 Å². The van der Waals surface area contributed by atoms with Gasteiger partial charge in [-0.25, -0.2) is 9.50 Å². The van der Waals surface area contributed by atoms with Crippen LogP contribution in [0.15, 0.2) is 18.5 Å². The highest BCUT2D eigenvalue weighted by atomic mass is 16.6. The first-order valence-electron chi connectivity index (χ1n) is 16.4. The van der Waals surface area contributed by atoms with E-state index in [0.717, 1.165) is 38.5 Å². The Balaban J connectivity index is 1.64. The molecule has 1 saturated heterocycles. The predicted molar refractivity (Wildman–Crippen MR) is 168 cm³/mol. The molecule has 4 N–H and O–H groups in total. The quantitative estimate of drug-likeness (QED) is 0.239. The molecular formula is C33H48N6O7. The van der Waals surface area contributed by atoms with Gasteiger partial charge in [0, 0.05) is 12.3 Å². The maximum Gasteiger partial charge on any atom is 0.323 e. The van der Waals surface area contributed by atoms with E-state index >= 15 is 0 Å². The molecule has 1 aliphatic carbocycles. The van der Waals surface area contributed by atoms with Gasteiger partial charge in [0.05, 0.1) is 5.69 Å². The van der Waals surface area contributed by atoms with E-state index in [1.54, 1.807) is 26.8 Å². The third kappa shape index (κ3) is 7.51. The second-order valence-corrected chi connectivity index (χ2v) is 13.6. The second-order valence-electron chi connectivity index (χ2n) is 13.6. The van der Waals surface area contributed by atoms with Crippen molar-refractivity contribution in [3.63, 3.8) is 0 Å². The number of ether oxygens (including phenoxy) is 3. The van der Waals surface area contributed by atoms with Crippen LogP contribution in [-0.2, 0) is 34.2 Å². The number of aliphatic hydroxyl groups is 1. The van der Waals surface area contributed by atoms with Gasteiger partial charge in [-0.1, -0.05) is 60.3 Å². The van der Waals surface area contributed by atoms with Crippen molar-refractivity contribution < 1.29 is 33.7 Å². The van der Waals surface area contributed by atoms with Crippen molar-refractivity contribution >= 4 is 29.2 Å². The van der Waals surface area contributed by atoms with Crippen LogP contribution in [0.5, 0.6) is 0 Å². The van der Waals surface area contributed by atoms with Gasteiger partial charge >= 0.3 is 11.9 Å². The van der Waals surface area contributed by atoms with Crippen molar-refractivity contribution in [2.24, 2.45) is 23.0 Å². The zero-order valence-corrected chi connectivity index (χ0v) is 27.5. The summed E-state index contributed by atoms with van der Waals surface area (Å²) >= 11 is 0. The molecule has 1 saturated carbocycles. The maximum absolute atomic E-state index is 13.1. The van der Waals surface area contributed by atoms with Crippen LogP contribution in [0.1, 0.15) is 98.1 Å². The lowest BCUT2D eigenvalue weighted by molar-refractivity contribution is -0.163. The van der Waals surface area contributed by atoms with E-state index < -0.39 is 47.3 Å². The summed E-state index contributed by atoms with van der Waals surface area (Å²) in [5, 5.41) is 29.4. The second kappa shape index (κ2) is 14.9. The third-order valence-corrected chi connectivity index (χ3v) is 9.31. The Morgan fingerprint density at radius 2 is 1.87 bits per heavy atom. The molecule has 5 atom stereocenters. The first kappa shape index (κ1) is 35.3. The molecule has 4 rings (SSSR count). The largest absolute Gasteiger partial charge is 0.463 e. The molecule has 0 unspecified atom stereocenters. The molecular weight excluding hydrogens is 592 g/mol. The highest BCUT2D eigenvalue weighted by Gasteiger charge is 2.60. The average Bonchev–Trinajstić information content (AvgIpc) is 3.45. The number of anilines is 1. The van der Waals surface area contributed by atoms with Crippen LogP contribution in [-0.4, -0.2) is 68.5 Å². The smallest absolute Gasteiger partial charge is 0.323 e. The van der Waals surface area contributed by atoms with E-state index in [2.05, 4.69) is 21.5 Å². The van der Waals surface area contributed by atoms with Crippen LogP contribution >= 0.6 is 0 Å². The number of nitriles is 1. The van der Waals surface area contributed by atoms with Crippen molar-refractivity contribution in [3.8, 4) is 6.07 Å². The Hall–Kier alpha value is -3.60. The van der Waals surface area contributed by atoms with Gasteiger partial charge in [-0.2, -0.15) is 10.4 Å². The van der Waals surface area contributed by atoms with Crippen LogP contribution in [0.4, 0.5) is 5.82 Å². The number of nitrogens with one attached hydrogen (secondary N) is 1. The van der Waals surface area contributed by atoms with E-state index in [1.807, 2.05) is 13.8 Å². The summed E-state index contributed by atoms with van der Waals surface area (Å²) in [6.07, 6.45) is 4.86. The number of carbonyl (C=O) groups excluding carboxylic acids is 3. The van der Waals surface area contributed by atoms with Gasteiger partial charge in [0.25, 0.3) is 0 Å². The zero-order valence-electron chi connectivity index (χ0n) is 27.5. The third-order valence-electron chi connectivity index (χ3n) is 9.31. The topological polar surface area (TPSA) is 191 Å². The van der Waals surface area contributed by atoms with Crippen LogP contribution in [0, 0.1) is 28.6 Å². The molecule has 0 spiro atoms. The molecule has 1 amide bonds. The molecule has 2 aromatic heterocycles. The lowest BCUT2D eigenvalue weighted by Gasteiger charge is -2.29. The molecule has 0 bridgehead atoms. The molecule has 2 aliphatic rings. The van der Waals surface area contributed by atoms with Crippen molar-refractivity contribution in [3.05, 3.63) is 24.2 Å². The molecule has 2 fully saturated rings. The van der Waals surface area contributed by atoms with Crippen LogP contribution in [0.3, 0.4) is 0 Å². The molecule has 0 aromatic carbocycles. The summed E-state index contributed by atoms with van der Waals surface area (Å²) < 4.78 is 18.9. The summed E-state index contributed by atoms with van der Waals surface area (Å²) in [4.78, 5) is 43.1. The number of hydrogen-bond donors (Lipinski definition) is 3. The number of rotatable bonds is 11. The number of nitrogens with two attached hydrogens (primary N) is 1. The van der Waals surface area contributed by atoms with Gasteiger partial charge in [-0.15, -0.1) is 0 Å². The molecule has 2 aromatic rings. The van der Waals surface area contributed by atoms with E-state index in [1.165, 1.54) is 16.9 Å². The molecule has 252 valence electrons. The van der Waals surface area contributed by atoms with Crippen molar-refractivity contribution in [1.82, 2.24) is 14.6 Å². The van der Waals surface area contributed by atoms with Gasteiger partial charge in [0.2, 0.25) is 11.5 Å². The normalized spacial score (nSPS) is 24.7. The van der Waals surface area contributed by atoms with Gasteiger partial charge in [-0.3, -0.25) is 14.4 Å². The summed E-state index contributed by atoms with van der Waals surface area (Å²) in [6.45, 7) is 8.83. The molecule has 46 heavy (non-hydrogen) atoms. The molecule has 3 heterocycles. The van der Waals surface area contributed by atoms with Gasteiger partial charge < -0.3 is 30.4 Å². The summed E-state index contributed by atoms with van der Waals surface area (Å²) in [6, 6.07) is 4.16. The van der Waals surface area contributed by atoms with E-state index in [9.17, 15) is 24.8 Å². The first-order chi connectivity index (χ1) is 21.9. The first-order valence-corrected chi connectivity index (χ1v) is 16.4. The number of aliphatic hydroxyl groups excluding tert-OH is 1. The molecule has 13 heteroatoms. The van der Waals surface area contributed by atoms with Crippen molar-refractivity contribution in [1.29, 1.82) is 5.26 Å². The van der Waals surface area contributed by atoms with Crippen LogP contribution in [0.25, 0.3) is 5.52 Å². The van der Waals surface area contributed by atoms with Gasteiger partial charge in [0.15, 0.2) is 11.9 Å². The Labute approximate surface area is 270 Å². The number of nitrogens with zero attached hydrogens (tertiary/aromatic N) is 4. The Morgan fingerprint density at radius 1 is 1.20 bits per heavy atom. The van der Waals surface area contributed by atoms with Gasteiger partial charge in [0.1, 0.15) is 42.8 Å². The monoisotopic (exact) mass is 640 g/mol. The number of aromatic nitrogens is 3. The fourth-order valence-corrected chi connectivity index (χ4v) is 6.23. The highest BCUT2D eigenvalue weighted by molar-refractivity contribution is 5.95. The van der Waals surface area contributed by atoms with E-state index in [-0.39, 0.29) is 42.3 Å². The fraction of sp³-hybridized carbons (Fsp3) is 0.697. The number of fused-ring (bicyclic) bond motifs is 1. The van der Waals surface area contributed by atoms with Crippen molar-refractivity contribution in [2.75, 3.05) is 11.9 Å². The maximum atomic E-state index is 13.1. The number of carbonyl (C=O) groups is 3. The Bertz CT molecular complexity index is 1420. The summed E-state index contributed by atoms with van der Waals surface area (Å²) in [7, 11) is 0. The highest BCUT2D eigenvalue weighted by Crippen LogP contribution is 2.42. The Kier molecular flexibility index (Phi) is 11.4. The summed E-state index contributed by atoms with van der Waals surface area (Å²) in [5.41, 5.74) is 3.90. The fourth-order valence-electron chi connectivity index (χ4n) is 6.23. The predicted octanol–water partition coefficient (Wildman–Crippen LogP) is 3.77. The average molecular weight is 641 g/mol. The SMILES string of the molecule is CCC(CC)C(=O)Nc1ncnn2c([C@]3(C#N)O[C@H](COC(=O)CC4CCCCCC4)[C@@H](OC(=O)[C@H](N)C(C)(C)C)[C@H]3O)ccc12. The van der Waals surface area contributed by atoms with Crippen LogP contribution in [0.2, 0.25) is 0 Å². The minimum absolute atomic E-state index is 0.117. The zero-order chi connectivity index (χ0) is 33.6. The number of esters is 2. The minimum Gasteiger partial charge on any atom is -0.463 e. The number of hydrogen-bond acceptors (Lipinski definition) is 11. The molecule has 1 aliphatic heterocycles. The van der Waals surface area contributed by atoms with Crippen LogP contribution < -0.4 is 11.1 Å². The lowest BCUT2D eigenvalue weighted by Crippen LogP contribution is -2.49. The summed E-state index contributed by atoms with van der Waals surface area (Å²) in [5.74, 6) is -1.17. The van der Waals surface area contributed by atoms with E-state index in [4.69, 9.17) is 19.9 Å². The number of amides is 1.